The first kappa shape index (κ1) is 16.3. The Morgan fingerprint density at radius 2 is 1.73 bits per heavy atom. The second-order valence-corrected chi connectivity index (χ2v) is 5.17. The number of methoxy groups -OCH3 is 2. The minimum absolute atomic E-state index is 0.0835. The Labute approximate surface area is 131 Å². The molecule has 2 rings (SSSR count). The molecule has 0 atom stereocenters. The van der Waals surface area contributed by atoms with Crippen LogP contribution in [0.5, 0.6) is 17.2 Å². The molecule has 1 N–H and O–H groups in total. The molecule has 0 bridgehead atoms. The molecule has 22 heavy (non-hydrogen) atoms. The van der Waals surface area contributed by atoms with Crippen LogP contribution in [0.2, 0.25) is 0 Å². The van der Waals surface area contributed by atoms with E-state index < -0.39 is 0 Å². The molecule has 0 fully saturated rings. The number of aliphatic hydroxyl groups is 1. The van der Waals surface area contributed by atoms with Crippen LogP contribution in [-0.2, 0) is 18.0 Å². The van der Waals surface area contributed by atoms with Crippen molar-refractivity contribution >= 4 is 0 Å². The van der Waals surface area contributed by atoms with E-state index in [0.717, 1.165) is 33.8 Å². The number of hydrogen-bond donors (Lipinski definition) is 1. The molecule has 0 radical (unpaired) electrons. The van der Waals surface area contributed by atoms with Crippen LogP contribution >= 0.6 is 0 Å². The molecule has 0 heterocycles. The Kier molecular flexibility index (Phi) is 5.41. The number of hydrogen-bond acceptors (Lipinski definition) is 4. The maximum Gasteiger partial charge on any atom is 0.131 e. The quantitative estimate of drug-likeness (QED) is 0.883. The van der Waals surface area contributed by atoms with Gasteiger partial charge in [-0.1, -0.05) is 12.1 Å². The maximum atomic E-state index is 9.59. The largest absolute Gasteiger partial charge is 0.496 e. The molecule has 0 saturated heterocycles. The fourth-order valence-electron chi connectivity index (χ4n) is 2.46. The van der Waals surface area contributed by atoms with Crippen molar-refractivity contribution in [1.29, 1.82) is 0 Å². The lowest BCUT2D eigenvalue weighted by atomic mass is 10.0. The van der Waals surface area contributed by atoms with Crippen LogP contribution in [0.4, 0.5) is 0 Å². The molecule has 0 amide bonds. The fourth-order valence-corrected chi connectivity index (χ4v) is 2.46. The predicted octanol–water partition coefficient (Wildman–Crippen LogP) is 3.74. The molecule has 0 unspecified atom stereocenters. The molecule has 2 aromatic rings. The molecule has 118 valence electrons. The zero-order chi connectivity index (χ0) is 16.1. The summed E-state index contributed by atoms with van der Waals surface area (Å²) >= 11 is 0. The summed E-state index contributed by atoms with van der Waals surface area (Å²) in [6.07, 6.45) is 0. The molecule has 0 aliphatic rings. The standard InChI is InChI=1S/C18H22O4/c1-12-9-17(13(2)16(10-19)18(12)21-4)22-15-7-5-14(6-8-15)11-20-3/h5-9,19H,10-11H2,1-4H3. The first-order chi connectivity index (χ1) is 10.6. The highest BCUT2D eigenvalue weighted by atomic mass is 16.5. The fraction of sp³-hybridized carbons (Fsp3) is 0.333. The Morgan fingerprint density at radius 3 is 2.27 bits per heavy atom. The maximum absolute atomic E-state index is 9.59. The normalized spacial score (nSPS) is 10.6. The van der Waals surface area contributed by atoms with Crippen molar-refractivity contribution in [2.45, 2.75) is 27.1 Å². The van der Waals surface area contributed by atoms with E-state index in [1.807, 2.05) is 44.2 Å². The van der Waals surface area contributed by atoms with Gasteiger partial charge in [-0.05, 0) is 43.2 Å². The summed E-state index contributed by atoms with van der Waals surface area (Å²) < 4.78 is 16.4. The molecule has 0 aromatic heterocycles. The van der Waals surface area contributed by atoms with Crippen LogP contribution in [0.25, 0.3) is 0 Å². The number of benzene rings is 2. The van der Waals surface area contributed by atoms with E-state index in [2.05, 4.69) is 0 Å². The van der Waals surface area contributed by atoms with Gasteiger partial charge in [0.2, 0.25) is 0 Å². The summed E-state index contributed by atoms with van der Waals surface area (Å²) in [5.74, 6) is 2.18. The molecule has 0 saturated carbocycles. The number of rotatable bonds is 6. The Hall–Kier alpha value is -2.04. The summed E-state index contributed by atoms with van der Waals surface area (Å²) in [5, 5.41) is 9.59. The van der Waals surface area contributed by atoms with Crippen molar-refractivity contribution in [2.24, 2.45) is 0 Å². The lowest BCUT2D eigenvalue weighted by Crippen LogP contribution is -2.00. The van der Waals surface area contributed by atoms with Gasteiger partial charge in [0.25, 0.3) is 0 Å². The zero-order valence-corrected chi connectivity index (χ0v) is 13.5. The molecular weight excluding hydrogens is 280 g/mol. The predicted molar refractivity (Wildman–Crippen MR) is 85.6 cm³/mol. The van der Waals surface area contributed by atoms with Gasteiger partial charge in [-0.25, -0.2) is 0 Å². The first-order valence-corrected chi connectivity index (χ1v) is 7.14. The van der Waals surface area contributed by atoms with E-state index in [4.69, 9.17) is 14.2 Å². The Balaban J connectivity index is 2.31. The molecular formula is C18H22O4. The average Bonchev–Trinajstić information content (AvgIpc) is 2.52. The van der Waals surface area contributed by atoms with Crippen molar-refractivity contribution in [3.63, 3.8) is 0 Å². The van der Waals surface area contributed by atoms with Crippen molar-refractivity contribution in [3.05, 3.63) is 52.6 Å². The highest BCUT2D eigenvalue weighted by Gasteiger charge is 2.14. The minimum atomic E-state index is -0.0835. The van der Waals surface area contributed by atoms with Gasteiger partial charge in [0.1, 0.15) is 17.2 Å². The Bertz CT molecular complexity index is 633. The van der Waals surface area contributed by atoms with Crippen LogP contribution in [0.1, 0.15) is 22.3 Å². The lowest BCUT2D eigenvalue weighted by molar-refractivity contribution is 0.185. The monoisotopic (exact) mass is 302 g/mol. The summed E-state index contributed by atoms with van der Waals surface area (Å²) in [6.45, 7) is 4.35. The molecule has 4 nitrogen and oxygen atoms in total. The molecule has 4 heteroatoms. The molecule has 2 aromatic carbocycles. The van der Waals surface area contributed by atoms with Crippen LogP contribution in [-0.4, -0.2) is 19.3 Å². The van der Waals surface area contributed by atoms with Crippen LogP contribution in [0.3, 0.4) is 0 Å². The van der Waals surface area contributed by atoms with Gasteiger partial charge in [-0.3, -0.25) is 0 Å². The van der Waals surface area contributed by atoms with Gasteiger partial charge < -0.3 is 19.3 Å². The summed E-state index contributed by atoms with van der Waals surface area (Å²) in [6, 6.07) is 9.68. The smallest absolute Gasteiger partial charge is 0.131 e. The van der Waals surface area contributed by atoms with Crippen molar-refractivity contribution < 1.29 is 19.3 Å². The van der Waals surface area contributed by atoms with Crippen molar-refractivity contribution in [1.82, 2.24) is 0 Å². The van der Waals surface area contributed by atoms with E-state index in [9.17, 15) is 5.11 Å². The molecule has 0 spiro atoms. The minimum Gasteiger partial charge on any atom is -0.496 e. The SMILES string of the molecule is COCc1ccc(Oc2cc(C)c(OC)c(CO)c2C)cc1. The summed E-state index contributed by atoms with van der Waals surface area (Å²) in [7, 11) is 3.28. The van der Waals surface area contributed by atoms with E-state index in [1.54, 1.807) is 14.2 Å². The van der Waals surface area contributed by atoms with Crippen LogP contribution in [0, 0.1) is 13.8 Å². The van der Waals surface area contributed by atoms with Crippen molar-refractivity contribution in [3.8, 4) is 17.2 Å². The van der Waals surface area contributed by atoms with E-state index >= 15 is 0 Å². The second-order valence-electron chi connectivity index (χ2n) is 5.17. The zero-order valence-electron chi connectivity index (χ0n) is 13.5. The second kappa shape index (κ2) is 7.29. The third kappa shape index (κ3) is 3.40. The number of aryl methyl sites for hydroxylation is 1. The van der Waals surface area contributed by atoms with Gasteiger partial charge in [0, 0.05) is 18.2 Å². The molecule has 0 aliphatic heterocycles. The van der Waals surface area contributed by atoms with Gasteiger partial charge in [0.15, 0.2) is 0 Å². The highest BCUT2D eigenvalue weighted by molar-refractivity contribution is 5.53. The lowest BCUT2D eigenvalue weighted by Gasteiger charge is -2.17. The molecule has 0 aliphatic carbocycles. The van der Waals surface area contributed by atoms with Gasteiger partial charge in [-0.2, -0.15) is 0 Å². The van der Waals surface area contributed by atoms with Crippen LogP contribution < -0.4 is 9.47 Å². The van der Waals surface area contributed by atoms with E-state index in [-0.39, 0.29) is 6.61 Å². The van der Waals surface area contributed by atoms with Gasteiger partial charge in [-0.15, -0.1) is 0 Å². The number of ether oxygens (including phenoxy) is 3. The van der Waals surface area contributed by atoms with E-state index in [1.165, 1.54) is 0 Å². The van der Waals surface area contributed by atoms with Crippen LogP contribution in [0.15, 0.2) is 30.3 Å². The first-order valence-electron chi connectivity index (χ1n) is 7.14. The van der Waals surface area contributed by atoms with E-state index in [0.29, 0.717) is 12.4 Å². The number of aliphatic hydroxyl groups excluding tert-OH is 1. The average molecular weight is 302 g/mol. The summed E-state index contributed by atoms with van der Waals surface area (Å²) in [5.41, 5.74) is 3.66. The third-order valence-corrected chi connectivity index (χ3v) is 3.63. The Morgan fingerprint density at radius 1 is 1.05 bits per heavy atom. The topological polar surface area (TPSA) is 47.9 Å². The third-order valence-electron chi connectivity index (χ3n) is 3.63. The highest BCUT2D eigenvalue weighted by Crippen LogP contribution is 2.35. The summed E-state index contributed by atoms with van der Waals surface area (Å²) in [4.78, 5) is 0. The van der Waals surface area contributed by atoms with Gasteiger partial charge >= 0.3 is 0 Å². The van der Waals surface area contributed by atoms with Gasteiger partial charge in [0.05, 0.1) is 20.3 Å². The van der Waals surface area contributed by atoms with Crippen molar-refractivity contribution in [2.75, 3.05) is 14.2 Å².